The van der Waals surface area contributed by atoms with Crippen LogP contribution in [0.4, 0.5) is 14.9 Å². The highest BCUT2D eigenvalue weighted by atomic mass is 35.5. The number of ether oxygens (including phenoxy) is 1. The van der Waals surface area contributed by atoms with Gasteiger partial charge in [-0.05, 0) is 35.9 Å². The molecule has 3 rings (SSSR count). The van der Waals surface area contributed by atoms with E-state index >= 15 is 0 Å². The standard InChI is InChI=1S/C19H21ClFN3O2/c1-26-18-7-6-16(12-17(18)20)23-8-10-24(11-9-23)19(25)22-13-14-2-4-15(21)5-3-14/h2-7,12H,8-11,13H2,1H3,(H,22,25). The van der Waals surface area contributed by atoms with Gasteiger partial charge in [-0.3, -0.25) is 0 Å². The molecule has 1 aliphatic heterocycles. The normalized spacial score (nSPS) is 14.3. The number of methoxy groups -OCH3 is 1. The predicted octanol–water partition coefficient (Wildman–Crippen LogP) is 3.52. The lowest BCUT2D eigenvalue weighted by Crippen LogP contribution is -2.51. The number of carbonyl (C=O) groups excluding carboxylic acids is 1. The number of piperazine rings is 1. The predicted molar refractivity (Wildman–Crippen MR) is 100 cm³/mol. The van der Waals surface area contributed by atoms with Gasteiger partial charge in [0, 0.05) is 38.4 Å². The Morgan fingerprint density at radius 1 is 1.15 bits per heavy atom. The molecule has 2 amide bonds. The first-order valence-corrected chi connectivity index (χ1v) is 8.80. The Morgan fingerprint density at radius 2 is 1.85 bits per heavy atom. The molecule has 7 heteroatoms. The number of rotatable bonds is 4. The number of hydrogen-bond acceptors (Lipinski definition) is 3. The lowest BCUT2D eigenvalue weighted by molar-refractivity contribution is 0.194. The molecule has 1 fully saturated rings. The number of nitrogens with zero attached hydrogens (tertiary/aromatic N) is 2. The number of hydrogen-bond donors (Lipinski definition) is 1. The van der Waals surface area contributed by atoms with Gasteiger partial charge in [0.05, 0.1) is 12.1 Å². The number of nitrogens with one attached hydrogen (secondary N) is 1. The molecule has 1 aliphatic rings. The van der Waals surface area contributed by atoms with E-state index in [9.17, 15) is 9.18 Å². The molecular weight excluding hydrogens is 357 g/mol. The van der Waals surface area contributed by atoms with Gasteiger partial charge in [-0.1, -0.05) is 23.7 Å². The fourth-order valence-corrected chi connectivity index (χ4v) is 3.16. The van der Waals surface area contributed by atoms with Crippen molar-refractivity contribution in [1.82, 2.24) is 10.2 Å². The zero-order valence-corrected chi connectivity index (χ0v) is 15.3. The number of halogens is 2. The van der Waals surface area contributed by atoms with E-state index < -0.39 is 0 Å². The second-order valence-electron chi connectivity index (χ2n) is 6.08. The number of benzene rings is 2. The number of anilines is 1. The molecule has 0 radical (unpaired) electrons. The van der Waals surface area contributed by atoms with E-state index in [1.54, 1.807) is 24.1 Å². The Morgan fingerprint density at radius 3 is 2.46 bits per heavy atom. The topological polar surface area (TPSA) is 44.8 Å². The maximum atomic E-state index is 12.9. The van der Waals surface area contributed by atoms with Crippen LogP contribution in [0, 0.1) is 5.82 Å². The lowest BCUT2D eigenvalue weighted by atomic mass is 10.2. The van der Waals surface area contributed by atoms with Crippen LogP contribution in [0.5, 0.6) is 5.75 Å². The molecular formula is C19H21ClFN3O2. The van der Waals surface area contributed by atoms with Gasteiger partial charge in [-0.2, -0.15) is 0 Å². The third-order valence-electron chi connectivity index (χ3n) is 4.42. The first kappa shape index (κ1) is 18.3. The number of urea groups is 1. The molecule has 2 aromatic rings. The highest BCUT2D eigenvalue weighted by molar-refractivity contribution is 6.32. The summed E-state index contributed by atoms with van der Waals surface area (Å²) in [5.74, 6) is 0.365. The average molecular weight is 378 g/mol. The SMILES string of the molecule is COc1ccc(N2CCN(C(=O)NCc3ccc(F)cc3)CC2)cc1Cl. The van der Waals surface area contributed by atoms with Crippen molar-refractivity contribution in [1.29, 1.82) is 0 Å². The Balaban J connectivity index is 1.50. The Kier molecular flexibility index (Phi) is 5.83. The van der Waals surface area contributed by atoms with Gasteiger partial charge in [-0.15, -0.1) is 0 Å². The first-order chi connectivity index (χ1) is 12.6. The molecule has 0 unspecified atom stereocenters. The second kappa shape index (κ2) is 8.27. The van der Waals surface area contributed by atoms with Gasteiger partial charge in [0.1, 0.15) is 11.6 Å². The molecule has 2 aromatic carbocycles. The molecule has 1 saturated heterocycles. The van der Waals surface area contributed by atoms with Crippen molar-refractivity contribution in [2.75, 3.05) is 38.2 Å². The zero-order chi connectivity index (χ0) is 18.5. The minimum absolute atomic E-state index is 0.110. The van der Waals surface area contributed by atoms with Crippen LogP contribution in [0.1, 0.15) is 5.56 Å². The molecule has 5 nitrogen and oxygen atoms in total. The van der Waals surface area contributed by atoms with E-state index in [0.717, 1.165) is 24.3 Å². The Bertz CT molecular complexity index is 762. The molecule has 138 valence electrons. The minimum Gasteiger partial charge on any atom is -0.495 e. The summed E-state index contributed by atoms with van der Waals surface area (Å²) in [5, 5.41) is 3.45. The quantitative estimate of drug-likeness (QED) is 0.886. The van der Waals surface area contributed by atoms with Crippen molar-refractivity contribution in [3.8, 4) is 5.75 Å². The van der Waals surface area contributed by atoms with Crippen LogP contribution in [-0.2, 0) is 6.54 Å². The van der Waals surface area contributed by atoms with Crippen LogP contribution >= 0.6 is 11.6 Å². The summed E-state index contributed by atoms with van der Waals surface area (Å²) in [6.45, 7) is 3.09. The second-order valence-corrected chi connectivity index (χ2v) is 6.49. The average Bonchev–Trinajstić information content (AvgIpc) is 2.67. The Labute approximate surface area is 157 Å². The van der Waals surface area contributed by atoms with E-state index in [0.29, 0.717) is 30.4 Å². The van der Waals surface area contributed by atoms with Crippen molar-refractivity contribution in [3.05, 3.63) is 58.9 Å². The van der Waals surface area contributed by atoms with Crippen molar-refractivity contribution in [3.63, 3.8) is 0 Å². The summed E-state index contributed by atoms with van der Waals surface area (Å²) in [5.41, 5.74) is 1.88. The monoisotopic (exact) mass is 377 g/mol. The summed E-state index contributed by atoms with van der Waals surface area (Å²) in [4.78, 5) is 16.3. The molecule has 26 heavy (non-hydrogen) atoms. The summed E-state index contributed by atoms with van der Waals surface area (Å²) in [7, 11) is 1.59. The maximum Gasteiger partial charge on any atom is 0.317 e. The molecule has 1 heterocycles. The van der Waals surface area contributed by atoms with Crippen molar-refractivity contribution in [2.24, 2.45) is 0 Å². The highest BCUT2D eigenvalue weighted by Crippen LogP contribution is 2.29. The van der Waals surface area contributed by atoms with Crippen LogP contribution in [0.25, 0.3) is 0 Å². The van der Waals surface area contributed by atoms with Crippen LogP contribution in [0.3, 0.4) is 0 Å². The first-order valence-electron chi connectivity index (χ1n) is 8.42. The molecule has 1 N–H and O–H groups in total. The molecule has 0 saturated carbocycles. The highest BCUT2D eigenvalue weighted by Gasteiger charge is 2.21. The molecule has 0 atom stereocenters. The fraction of sp³-hybridized carbons (Fsp3) is 0.316. The van der Waals surface area contributed by atoms with Crippen LogP contribution < -0.4 is 15.0 Å². The van der Waals surface area contributed by atoms with Gasteiger partial charge in [0.25, 0.3) is 0 Å². The van der Waals surface area contributed by atoms with Gasteiger partial charge in [-0.25, -0.2) is 9.18 Å². The van der Waals surface area contributed by atoms with Crippen LogP contribution in [0.2, 0.25) is 5.02 Å². The fourth-order valence-electron chi connectivity index (χ4n) is 2.91. The van der Waals surface area contributed by atoms with E-state index in [1.807, 2.05) is 18.2 Å². The van der Waals surface area contributed by atoms with Crippen molar-refractivity contribution >= 4 is 23.3 Å². The maximum absolute atomic E-state index is 12.9. The molecule has 0 aliphatic carbocycles. The molecule has 0 bridgehead atoms. The lowest BCUT2D eigenvalue weighted by Gasteiger charge is -2.36. The van der Waals surface area contributed by atoms with Gasteiger partial charge < -0.3 is 19.9 Å². The zero-order valence-electron chi connectivity index (χ0n) is 14.5. The Hall–Kier alpha value is -2.47. The molecule has 0 spiro atoms. The van der Waals surface area contributed by atoms with E-state index in [-0.39, 0.29) is 11.8 Å². The molecule has 0 aromatic heterocycles. The smallest absolute Gasteiger partial charge is 0.317 e. The van der Waals surface area contributed by atoms with Crippen molar-refractivity contribution < 1.29 is 13.9 Å². The van der Waals surface area contributed by atoms with E-state index in [1.165, 1.54) is 12.1 Å². The summed E-state index contributed by atoms with van der Waals surface area (Å²) in [6.07, 6.45) is 0. The number of carbonyl (C=O) groups is 1. The van der Waals surface area contributed by atoms with Crippen LogP contribution in [-0.4, -0.2) is 44.2 Å². The summed E-state index contributed by atoms with van der Waals surface area (Å²) < 4.78 is 18.1. The van der Waals surface area contributed by atoms with Gasteiger partial charge in [0.15, 0.2) is 0 Å². The van der Waals surface area contributed by atoms with Crippen molar-refractivity contribution in [2.45, 2.75) is 6.54 Å². The minimum atomic E-state index is -0.283. The summed E-state index contributed by atoms with van der Waals surface area (Å²) >= 11 is 6.19. The number of amides is 2. The van der Waals surface area contributed by atoms with Gasteiger partial charge in [0.2, 0.25) is 0 Å². The van der Waals surface area contributed by atoms with E-state index in [2.05, 4.69) is 10.2 Å². The third kappa shape index (κ3) is 4.38. The van der Waals surface area contributed by atoms with Crippen LogP contribution in [0.15, 0.2) is 42.5 Å². The summed E-state index contributed by atoms with van der Waals surface area (Å²) in [6, 6.07) is 11.7. The van der Waals surface area contributed by atoms with E-state index in [4.69, 9.17) is 16.3 Å². The third-order valence-corrected chi connectivity index (χ3v) is 4.72. The van der Waals surface area contributed by atoms with Gasteiger partial charge >= 0.3 is 6.03 Å². The largest absolute Gasteiger partial charge is 0.495 e.